The highest BCUT2D eigenvalue weighted by molar-refractivity contribution is 6.31. The number of hydrogen-bond donors (Lipinski definition) is 4. The lowest BCUT2D eigenvalue weighted by Crippen LogP contribution is -2.09. The van der Waals surface area contributed by atoms with Crippen molar-refractivity contribution in [2.45, 2.75) is 13.1 Å². The van der Waals surface area contributed by atoms with Crippen molar-refractivity contribution >= 4 is 29.1 Å². The summed E-state index contributed by atoms with van der Waals surface area (Å²) in [5.41, 5.74) is 16.4. The lowest BCUT2D eigenvalue weighted by molar-refractivity contribution is 0.0698. The summed E-state index contributed by atoms with van der Waals surface area (Å²) in [5, 5.41) is 18.0. The second-order valence-corrected chi connectivity index (χ2v) is 7.62. The number of para-hydroxylation sites is 1. The monoisotopic (exact) mass is 447 g/mol. The fourth-order valence-corrected chi connectivity index (χ4v) is 3.61. The number of anilines is 2. The molecule has 0 unspecified atom stereocenters. The molecule has 0 fully saturated rings. The number of rotatable bonds is 7. The number of aromatic nitrogens is 2. The maximum Gasteiger partial charge on any atom is 0.337 e. The van der Waals surface area contributed by atoms with Crippen molar-refractivity contribution in [3.8, 4) is 16.9 Å². The van der Waals surface area contributed by atoms with Crippen molar-refractivity contribution in [3.63, 3.8) is 0 Å². The summed E-state index contributed by atoms with van der Waals surface area (Å²) in [4.78, 5) is 11.7. The molecule has 0 saturated heterocycles. The molecule has 1 aromatic heterocycles. The van der Waals surface area contributed by atoms with Gasteiger partial charge in [0, 0.05) is 29.7 Å². The zero-order valence-corrected chi connectivity index (χ0v) is 17.9. The van der Waals surface area contributed by atoms with E-state index in [9.17, 15) is 9.90 Å². The summed E-state index contributed by atoms with van der Waals surface area (Å²) < 4.78 is 1.72. The van der Waals surface area contributed by atoms with Gasteiger partial charge in [-0.3, -0.25) is 0 Å². The zero-order chi connectivity index (χ0) is 22.7. The van der Waals surface area contributed by atoms with Crippen LogP contribution in [0.15, 0.2) is 72.8 Å². The van der Waals surface area contributed by atoms with E-state index in [0.29, 0.717) is 35.3 Å². The van der Waals surface area contributed by atoms with Gasteiger partial charge in [0.15, 0.2) is 0 Å². The lowest BCUT2D eigenvalue weighted by atomic mass is 10.1. The summed E-state index contributed by atoms with van der Waals surface area (Å²) in [7, 11) is 0. The summed E-state index contributed by atoms with van der Waals surface area (Å²) >= 11 is 6.14. The molecule has 0 aliphatic heterocycles. The minimum atomic E-state index is -1.06. The second kappa shape index (κ2) is 9.23. The van der Waals surface area contributed by atoms with Crippen LogP contribution in [0, 0.1) is 0 Å². The van der Waals surface area contributed by atoms with Gasteiger partial charge in [-0.1, -0.05) is 54.1 Å². The number of benzene rings is 3. The van der Waals surface area contributed by atoms with E-state index in [0.717, 1.165) is 22.4 Å². The molecule has 0 saturated carbocycles. The third kappa shape index (κ3) is 4.36. The van der Waals surface area contributed by atoms with Crippen LogP contribution in [0.5, 0.6) is 0 Å². The molecule has 32 heavy (non-hydrogen) atoms. The standard InChI is InChI=1S/C24H22ClN5O2/c25-18-9-10-19(24(31)32)21(11-18)28-23-12-20(16-7-5-15(13-26)6-8-16)29-30(23)22-4-2-1-3-17(22)14-27/h1-12,28H,13-14,26-27H2,(H,31,32). The minimum Gasteiger partial charge on any atom is -0.478 e. The Morgan fingerprint density at radius 1 is 1.00 bits per heavy atom. The molecule has 1 heterocycles. The number of halogens is 1. The van der Waals surface area contributed by atoms with E-state index in [1.165, 1.54) is 6.07 Å². The Bertz CT molecular complexity index is 1270. The van der Waals surface area contributed by atoms with Gasteiger partial charge < -0.3 is 21.9 Å². The van der Waals surface area contributed by atoms with Gasteiger partial charge in [-0.15, -0.1) is 0 Å². The van der Waals surface area contributed by atoms with Crippen LogP contribution in [0.25, 0.3) is 16.9 Å². The molecule has 0 bridgehead atoms. The van der Waals surface area contributed by atoms with Crippen LogP contribution < -0.4 is 16.8 Å². The Labute approximate surface area is 190 Å². The Hall–Kier alpha value is -3.65. The predicted molar refractivity (Wildman–Crippen MR) is 126 cm³/mol. The van der Waals surface area contributed by atoms with Crippen LogP contribution in [0.3, 0.4) is 0 Å². The van der Waals surface area contributed by atoms with Gasteiger partial charge in [-0.2, -0.15) is 5.10 Å². The first kappa shape index (κ1) is 21.6. The molecule has 0 aliphatic carbocycles. The lowest BCUT2D eigenvalue weighted by Gasteiger charge is -2.14. The number of hydrogen-bond acceptors (Lipinski definition) is 5. The van der Waals surface area contributed by atoms with Gasteiger partial charge >= 0.3 is 5.97 Å². The Kier molecular flexibility index (Phi) is 6.23. The molecule has 7 nitrogen and oxygen atoms in total. The van der Waals surface area contributed by atoms with Gasteiger partial charge in [0.05, 0.1) is 22.6 Å². The molecule has 4 aromatic rings. The SMILES string of the molecule is NCc1ccc(-c2cc(Nc3cc(Cl)ccc3C(=O)O)n(-c3ccccc3CN)n2)cc1. The Balaban J connectivity index is 1.86. The average Bonchev–Trinajstić information content (AvgIpc) is 3.22. The van der Waals surface area contributed by atoms with Crippen LogP contribution in [0.2, 0.25) is 5.02 Å². The molecular weight excluding hydrogens is 426 g/mol. The van der Waals surface area contributed by atoms with Crippen molar-refractivity contribution in [2.75, 3.05) is 5.32 Å². The number of nitrogens with zero attached hydrogens (tertiary/aromatic N) is 2. The van der Waals surface area contributed by atoms with Gasteiger partial charge in [-0.25, -0.2) is 9.48 Å². The summed E-state index contributed by atoms with van der Waals surface area (Å²) in [6.45, 7) is 0.783. The normalized spacial score (nSPS) is 10.8. The molecular formula is C24H22ClN5O2. The van der Waals surface area contributed by atoms with Gasteiger partial charge in [-0.05, 0) is 35.4 Å². The zero-order valence-electron chi connectivity index (χ0n) is 17.1. The number of aromatic carboxylic acids is 1. The highest BCUT2D eigenvalue weighted by atomic mass is 35.5. The van der Waals surface area contributed by atoms with E-state index >= 15 is 0 Å². The smallest absolute Gasteiger partial charge is 0.337 e. The minimum absolute atomic E-state index is 0.100. The fourth-order valence-electron chi connectivity index (χ4n) is 3.44. The molecule has 3 aromatic carbocycles. The maximum atomic E-state index is 11.7. The van der Waals surface area contributed by atoms with Gasteiger partial charge in [0.1, 0.15) is 5.82 Å². The molecule has 4 rings (SSSR count). The summed E-state index contributed by atoms with van der Waals surface area (Å²) in [6.07, 6.45) is 0. The summed E-state index contributed by atoms with van der Waals surface area (Å²) in [5.74, 6) is -0.483. The molecule has 0 atom stereocenters. The molecule has 0 aliphatic rings. The van der Waals surface area contributed by atoms with Crippen molar-refractivity contribution in [2.24, 2.45) is 11.5 Å². The third-order valence-electron chi connectivity index (χ3n) is 5.11. The first-order chi connectivity index (χ1) is 15.5. The number of nitrogens with one attached hydrogen (secondary N) is 1. The number of nitrogens with two attached hydrogens (primary N) is 2. The topological polar surface area (TPSA) is 119 Å². The van der Waals surface area contributed by atoms with E-state index in [4.69, 9.17) is 28.2 Å². The molecule has 8 heteroatoms. The van der Waals surface area contributed by atoms with E-state index in [2.05, 4.69) is 5.32 Å². The average molecular weight is 448 g/mol. The van der Waals surface area contributed by atoms with Crippen molar-refractivity contribution in [1.82, 2.24) is 9.78 Å². The molecule has 0 amide bonds. The van der Waals surface area contributed by atoms with Crippen molar-refractivity contribution < 1.29 is 9.90 Å². The predicted octanol–water partition coefficient (Wildman–Crippen LogP) is 4.55. The Morgan fingerprint density at radius 2 is 1.75 bits per heavy atom. The van der Waals surface area contributed by atoms with E-state index < -0.39 is 5.97 Å². The van der Waals surface area contributed by atoms with Crippen molar-refractivity contribution in [1.29, 1.82) is 0 Å². The fraction of sp³-hybridized carbons (Fsp3) is 0.0833. The highest BCUT2D eigenvalue weighted by Crippen LogP contribution is 2.31. The van der Waals surface area contributed by atoms with Crippen LogP contribution in [0.4, 0.5) is 11.5 Å². The van der Waals surface area contributed by atoms with Gasteiger partial charge in [0.2, 0.25) is 0 Å². The molecule has 162 valence electrons. The highest BCUT2D eigenvalue weighted by Gasteiger charge is 2.17. The van der Waals surface area contributed by atoms with E-state index in [1.54, 1.807) is 16.8 Å². The number of carboxylic acid groups (broad SMARTS) is 1. The molecule has 0 spiro atoms. The molecule has 0 radical (unpaired) electrons. The van der Waals surface area contributed by atoms with E-state index in [1.807, 2.05) is 54.6 Å². The molecule has 6 N–H and O–H groups in total. The van der Waals surface area contributed by atoms with Crippen LogP contribution in [-0.2, 0) is 13.1 Å². The maximum absolute atomic E-state index is 11.7. The first-order valence-corrected chi connectivity index (χ1v) is 10.4. The van der Waals surface area contributed by atoms with Crippen molar-refractivity contribution in [3.05, 3.63) is 94.5 Å². The Morgan fingerprint density at radius 3 is 2.44 bits per heavy atom. The third-order valence-corrected chi connectivity index (χ3v) is 5.34. The van der Waals surface area contributed by atoms with Crippen LogP contribution in [0.1, 0.15) is 21.5 Å². The number of carboxylic acids is 1. The number of carbonyl (C=O) groups is 1. The van der Waals surface area contributed by atoms with Gasteiger partial charge in [0.25, 0.3) is 0 Å². The second-order valence-electron chi connectivity index (χ2n) is 7.18. The largest absolute Gasteiger partial charge is 0.478 e. The quantitative estimate of drug-likeness (QED) is 0.330. The first-order valence-electron chi connectivity index (χ1n) is 9.98. The van der Waals surface area contributed by atoms with E-state index in [-0.39, 0.29) is 5.56 Å². The summed E-state index contributed by atoms with van der Waals surface area (Å²) in [6, 6.07) is 21.9. The van der Waals surface area contributed by atoms with Crippen LogP contribution >= 0.6 is 11.6 Å². The van der Waals surface area contributed by atoms with Crippen LogP contribution in [-0.4, -0.2) is 20.9 Å².